The van der Waals surface area contributed by atoms with Crippen molar-refractivity contribution in [2.45, 2.75) is 50.8 Å². The fourth-order valence-electron chi connectivity index (χ4n) is 4.55. The highest BCUT2D eigenvalue weighted by Crippen LogP contribution is 2.52. The van der Waals surface area contributed by atoms with Crippen molar-refractivity contribution >= 4 is 15.9 Å². The second-order valence-electron chi connectivity index (χ2n) is 6.83. The van der Waals surface area contributed by atoms with Gasteiger partial charge in [-0.25, -0.2) is 0 Å². The first-order chi connectivity index (χ1) is 9.58. The first-order valence-corrected chi connectivity index (χ1v) is 8.79. The summed E-state index contributed by atoms with van der Waals surface area (Å²) in [4.78, 5) is 0.496. The molecule has 4 atom stereocenters. The molecule has 2 heteroatoms. The van der Waals surface area contributed by atoms with Gasteiger partial charge in [-0.2, -0.15) is 0 Å². The molecule has 20 heavy (non-hydrogen) atoms. The molecule has 0 spiro atoms. The number of benzene rings is 1. The molecule has 0 saturated heterocycles. The lowest BCUT2D eigenvalue weighted by atomic mass is 9.84. The van der Waals surface area contributed by atoms with Crippen molar-refractivity contribution < 1.29 is 4.74 Å². The molecule has 0 aromatic heterocycles. The van der Waals surface area contributed by atoms with E-state index in [-0.39, 0.29) is 0 Å². The Kier molecular flexibility index (Phi) is 4.12. The molecule has 2 fully saturated rings. The summed E-state index contributed by atoms with van der Waals surface area (Å²) < 4.78 is 5.47. The minimum Gasteiger partial charge on any atom is -0.496 e. The van der Waals surface area contributed by atoms with Gasteiger partial charge in [-0.15, -0.1) is 0 Å². The van der Waals surface area contributed by atoms with E-state index >= 15 is 0 Å². The van der Waals surface area contributed by atoms with Crippen LogP contribution in [0.2, 0.25) is 0 Å². The molecule has 0 N–H and O–H groups in total. The Morgan fingerprint density at radius 3 is 2.40 bits per heavy atom. The minimum atomic E-state index is 0.496. The lowest BCUT2D eigenvalue weighted by molar-refractivity contribution is 0.314. The van der Waals surface area contributed by atoms with Crippen LogP contribution >= 0.6 is 15.9 Å². The minimum absolute atomic E-state index is 0.496. The van der Waals surface area contributed by atoms with Gasteiger partial charge in [0.25, 0.3) is 0 Å². The molecule has 0 heterocycles. The van der Waals surface area contributed by atoms with E-state index in [9.17, 15) is 0 Å². The van der Waals surface area contributed by atoms with E-state index in [0.717, 1.165) is 23.5 Å². The molecule has 2 aliphatic carbocycles. The maximum Gasteiger partial charge on any atom is 0.124 e. The van der Waals surface area contributed by atoms with E-state index in [2.05, 4.69) is 41.9 Å². The van der Waals surface area contributed by atoms with Crippen molar-refractivity contribution in [1.29, 1.82) is 0 Å². The summed E-state index contributed by atoms with van der Waals surface area (Å²) in [6.45, 7) is 4.29. The van der Waals surface area contributed by atoms with Gasteiger partial charge in [0.1, 0.15) is 5.75 Å². The number of methoxy groups -OCH3 is 1. The largest absolute Gasteiger partial charge is 0.496 e. The van der Waals surface area contributed by atoms with Gasteiger partial charge >= 0.3 is 0 Å². The topological polar surface area (TPSA) is 9.23 Å². The number of ether oxygens (including phenoxy) is 1. The molecule has 3 rings (SSSR count). The highest BCUT2D eigenvalue weighted by molar-refractivity contribution is 9.09. The van der Waals surface area contributed by atoms with Crippen molar-refractivity contribution in [1.82, 2.24) is 0 Å². The third-order valence-electron chi connectivity index (χ3n) is 5.44. The zero-order valence-electron chi connectivity index (χ0n) is 12.8. The average molecular weight is 337 g/mol. The molecule has 4 unspecified atom stereocenters. The van der Waals surface area contributed by atoms with E-state index in [1.807, 2.05) is 0 Å². The second-order valence-corrected chi connectivity index (χ2v) is 7.93. The van der Waals surface area contributed by atoms with Crippen LogP contribution in [0.25, 0.3) is 0 Å². The van der Waals surface area contributed by atoms with Gasteiger partial charge in [0.15, 0.2) is 0 Å². The molecular weight excluding hydrogens is 312 g/mol. The Morgan fingerprint density at radius 2 is 1.90 bits per heavy atom. The van der Waals surface area contributed by atoms with Crippen LogP contribution in [0, 0.1) is 31.6 Å². The van der Waals surface area contributed by atoms with Gasteiger partial charge in [-0.05, 0) is 74.0 Å². The zero-order chi connectivity index (χ0) is 14.3. The first-order valence-electron chi connectivity index (χ1n) is 7.87. The maximum atomic E-state index is 5.47. The number of hydrogen-bond acceptors (Lipinski definition) is 1. The van der Waals surface area contributed by atoms with Crippen LogP contribution in [0.4, 0.5) is 0 Å². The molecular formula is C18H25BrO. The third kappa shape index (κ3) is 2.64. The smallest absolute Gasteiger partial charge is 0.124 e. The lowest BCUT2D eigenvalue weighted by Crippen LogP contribution is -2.12. The molecule has 1 aromatic rings. The summed E-state index contributed by atoms with van der Waals surface area (Å²) >= 11 is 3.94. The monoisotopic (exact) mass is 336 g/mol. The molecule has 2 bridgehead atoms. The maximum absolute atomic E-state index is 5.47. The van der Waals surface area contributed by atoms with Crippen LogP contribution in [0.1, 0.15) is 53.6 Å². The summed E-state index contributed by atoms with van der Waals surface area (Å²) in [5.41, 5.74) is 3.92. The van der Waals surface area contributed by atoms with Crippen LogP contribution in [0.15, 0.2) is 12.1 Å². The molecule has 1 aromatic carbocycles. The predicted molar refractivity (Wildman–Crippen MR) is 87.7 cm³/mol. The highest BCUT2D eigenvalue weighted by Gasteiger charge is 2.39. The van der Waals surface area contributed by atoms with Crippen LogP contribution in [-0.4, -0.2) is 7.11 Å². The van der Waals surface area contributed by atoms with Crippen LogP contribution in [-0.2, 0) is 0 Å². The van der Waals surface area contributed by atoms with Gasteiger partial charge in [0.05, 0.1) is 7.11 Å². The van der Waals surface area contributed by atoms with Crippen LogP contribution in [0.5, 0.6) is 5.75 Å². The lowest BCUT2D eigenvalue weighted by Gasteiger charge is -2.24. The summed E-state index contributed by atoms with van der Waals surface area (Å²) in [6.07, 6.45) is 7.25. The van der Waals surface area contributed by atoms with E-state index < -0.39 is 0 Å². The van der Waals surface area contributed by atoms with Crippen molar-refractivity contribution in [3.63, 3.8) is 0 Å². The van der Waals surface area contributed by atoms with E-state index in [0.29, 0.717) is 4.83 Å². The predicted octanol–water partition coefficient (Wildman–Crippen LogP) is 5.57. The number of rotatable bonds is 4. The Morgan fingerprint density at radius 1 is 1.20 bits per heavy atom. The fraction of sp³-hybridized carbons (Fsp3) is 0.667. The quantitative estimate of drug-likeness (QED) is 0.652. The van der Waals surface area contributed by atoms with Crippen LogP contribution < -0.4 is 4.74 Å². The average Bonchev–Trinajstić information content (AvgIpc) is 3.00. The van der Waals surface area contributed by atoms with E-state index in [1.165, 1.54) is 48.8 Å². The molecule has 0 amide bonds. The summed E-state index contributed by atoms with van der Waals surface area (Å²) in [5.74, 6) is 4.04. The Labute approximate surface area is 131 Å². The van der Waals surface area contributed by atoms with Crippen molar-refractivity contribution in [3.8, 4) is 5.75 Å². The number of alkyl halides is 1. The van der Waals surface area contributed by atoms with Gasteiger partial charge in [-0.1, -0.05) is 34.5 Å². The standard InChI is InChI=1S/C18H25BrO/c1-11-6-16(7-12(2)18(11)20-3)17(19)10-15-9-13-4-5-14(15)8-13/h6-7,13-15,17H,4-5,8-10H2,1-3H3. The number of halogens is 1. The number of fused-ring (bicyclic) bond motifs is 2. The van der Waals surface area contributed by atoms with Crippen molar-refractivity contribution in [2.24, 2.45) is 17.8 Å². The molecule has 2 saturated carbocycles. The van der Waals surface area contributed by atoms with Gasteiger partial charge in [0.2, 0.25) is 0 Å². The van der Waals surface area contributed by atoms with E-state index in [4.69, 9.17) is 4.74 Å². The Bertz CT molecular complexity index is 473. The van der Waals surface area contributed by atoms with Gasteiger partial charge in [-0.3, -0.25) is 0 Å². The molecule has 0 aliphatic heterocycles. The molecule has 0 radical (unpaired) electrons. The van der Waals surface area contributed by atoms with Crippen LogP contribution in [0.3, 0.4) is 0 Å². The molecule has 2 aliphatic rings. The zero-order valence-corrected chi connectivity index (χ0v) is 14.4. The summed E-state index contributed by atoms with van der Waals surface area (Å²) in [6, 6.07) is 4.58. The van der Waals surface area contributed by atoms with E-state index in [1.54, 1.807) is 7.11 Å². The second kappa shape index (κ2) is 5.71. The fourth-order valence-corrected chi connectivity index (χ4v) is 5.30. The summed E-state index contributed by atoms with van der Waals surface area (Å²) in [7, 11) is 1.76. The Balaban J connectivity index is 1.72. The molecule has 110 valence electrons. The number of hydrogen-bond donors (Lipinski definition) is 0. The highest BCUT2D eigenvalue weighted by atomic mass is 79.9. The number of aryl methyl sites for hydroxylation is 2. The third-order valence-corrected chi connectivity index (χ3v) is 6.35. The Hall–Kier alpha value is -0.500. The van der Waals surface area contributed by atoms with Crippen molar-refractivity contribution in [3.05, 3.63) is 28.8 Å². The SMILES string of the molecule is COc1c(C)cc(C(Br)CC2CC3CCC2C3)cc1C. The normalized spacial score (nSPS) is 29.7. The summed E-state index contributed by atoms with van der Waals surface area (Å²) in [5, 5.41) is 0. The molecule has 1 nitrogen and oxygen atoms in total. The van der Waals surface area contributed by atoms with Crippen molar-refractivity contribution in [2.75, 3.05) is 7.11 Å². The first kappa shape index (κ1) is 14.4. The van der Waals surface area contributed by atoms with Gasteiger partial charge in [0, 0.05) is 4.83 Å². The van der Waals surface area contributed by atoms with Gasteiger partial charge < -0.3 is 4.74 Å².